The molecule has 0 fully saturated rings. The predicted octanol–water partition coefficient (Wildman–Crippen LogP) is 0.638. The van der Waals surface area contributed by atoms with Gasteiger partial charge in [0.2, 0.25) is 11.6 Å². The predicted molar refractivity (Wildman–Crippen MR) is 45.6 cm³/mol. The number of rotatable bonds is 0. The van der Waals surface area contributed by atoms with Crippen molar-refractivity contribution < 1.29 is 14.7 Å². The third-order valence-electron chi connectivity index (χ3n) is 0.849. The van der Waals surface area contributed by atoms with E-state index in [0.717, 1.165) is 0 Å². The Labute approximate surface area is 71.4 Å². The summed E-state index contributed by atoms with van der Waals surface area (Å²) in [5.74, 6) is -0.875. The highest BCUT2D eigenvalue weighted by Gasteiger charge is 2.06. The molecule has 0 heterocycles. The van der Waals surface area contributed by atoms with Crippen LogP contribution in [0.25, 0.3) is 0 Å². The fourth-order valence-corrected chi connectivity index (χ4v) is 0.450. The van der Waals surface area contributed by atoms with Gasteiger partial charge in [-0.1, -0.05) is 12.2 Å². The Balaban J connectivity index is 0.000000261. The Morgan fingerprint density at radius 1 is 1.08 bits per heavy atom. The number of aliphatic hydroxyl groups is 1. The van der Waals surface area contributed by atoms with Crippen LogP contribution in [-0.2, 0) is 9.59 Å². The molecule has 0 spiro atoms. The maximum atomic E-state index is 10.3. The number of carbonyl (C=O) groups is 2. The molecule has 1 rings (SSSR count). The van der Waals surface area contributed by atoms with Gasteiger partial charge in [-0.25, -0.2) is 0 Å². The van der Waals surface area contributed by atoms with E-state index in [2.05, 4.69) is 0 Å². The molecule has 0 aromatic heterocycles. The van der Waals surface area contributed by atoms with Crippen molar-refractivity contribution in [3.8, 4) is 0 Å². The monoisotopic (exact) mass is 168 g/mol. The van der Waals surface area contributed by atoms with E-state index in [0.29, 0.717) is 0 Å². The molecule has 0 bridgehead atoms. The zero-order valence-corrected chi connectivity index (χ0v) is 7.15. The molecule has 3 nitrogen and oxygen atoms in total. The molecule has 0 amide bonds. The minimum Gasteiger partial charge on any atom is -0.394 e. The molecule has 0 aliphatic heterocycles. The van der Waals surface area contributed by atoms with Gasteiger partial charge in [-0.2, -0.15) is 0 Å². The van der Waals surface area contributed by atoms with Crippen LogP contribution in [0, 0.1) is 0 Å². The zero-order valence-electron chi connectivity index (χ0n) is 7.15. The first kappa shape index (κ1) is 10.8. The zero-order chi connectivity index (χ0) is 9.56. The summed E-state index contributed by atoms with van der Waals surface area (Å²) in [5, 5.41) is 8.06. The Hall–Kier alpha value is -1.22. The molecule has 0 radical (unpaired) electrons. The third kappa shape index (κ3) is 5.56. The van der Waals surface area contributed by atoms with E-state index < -0.39 is 11.6 Å². The van der Waals surface area contributed by atoms with Gasteiger partial charge in [0.25, 0.3) is 0 Å². The fraction of sp³-hybridized carbons (Fsp3) is 0.333. The van der Waals surface area contributed by atoms with Crippen LogP contribution in [0.2, 0.25) is 0 Å². The minimum absolute atomic E-state index is 0.167. The molecule has 0 saturated carbocycles. The summed E-state index contributed by atoms with van der Waals surface area (Å²) < 4.78 is 0. The van der Waals surface area contributed by atoms with Crippen LogP contribution in [-0.4, -0.2) is 22.8 Å². The summed E-state index contributed by atoms with van der Waals surface area (Å²) in [6.07, 6.45) is 5.43. The van der Waals surface area contributed by atoms with Gasteiger partial charge in [-0.15, -0.1) is 0 Å². The molecule has 0 unspecified atom stereocenters. The van der Waals surface area contributed by atoms with Gasteiger partial charge in [-0.3, -0.25) is 9.59 Å². The summed E-state index contributed by atoms with van der Waals surface area (Å²) in [6.45, 7) is 3.44. The molecule has 0 aromatic rings. The molecule has 1 aliphatic rings. The summed E-state index contributed by atoms with van der Waals surface area (Å²) >= 11 is 0. The SMILES string of the molecule is CC(C)O.O=C1C=CC=CC1=O. The van der Waals surface area contributed by atoms with Crippen molar-refractivity contribution in [2.75, 3.05) is 0 Å². The van der Waals surface area contributed by atoms with Crippen LogP contribution < -0.4 is 0 Å². The largest absolute Gasteiger partial charge is 0.394 e. The number of carbonyl (C=O) groups excluding carboxylic acids is 2. The summed E-state index contributed by atoms with van der Waals surface area (Å²) in [7, 11) is 0. The van der Waals surface area contributed by atoms with E-state index in [1.165, 1.54) is 12.2 Å². The third-order valence-corrected chi connectivity index (χ3v) is 0.849. The summed E-state index contributed by atoms with van der Waals surface area (Å²) in [5.41, 5.74) is 0. The minimum atomic E-state index is -0.437. The lowest BCUT2D eigenvalue weighted by molar-refractivity contribution is -0.131. The molecular weight excluding hydrogens is 156 g/mol. The molecule has 12 heavy (non-hydrogen) atoms. The lowest BCUT2D eigenvalue weighted by Crippen LogP contribution is -2.08. The highest BCUT2D eigenvalue weighted by molar-refractivity contribution is 6.46. The Morgan fingerprint density at radius 2 is 1.33 bits per heavy atom. The van der Waals surface area contributed by atoms with Crippen LogP contribution in [0.3, 0.4) is 0 Å². The molecule has 0 aromatic carbocycles. The molecule has 1 N–H and O–H groups in total. The average Bonchev–Trinajstić information content (AvgIpc) is 1.94. The molecule has 66 valence electrons. The van der Waals surface area contributed by atoms with Gasteiger partial charge in [0, 0.05) is 6.10 Å². The number of hydrogen-bond donors (Lipinski definition) is 1. The molecule has 0 saturated heterocycles. The Morgan fingerprint density at radius 3 is 1.50 bits per heavy atom. The smallest absolute Gasteiger partial charge is 0.225 e. The van der Waals surface area contributed by atoms with Gasteiger partial charge >= 0.3 is 0 Å². The highest BCUT2D eigenvalue weighted by Crippen LogP contribution is 1.90. The highest BCUT2D eigenvalue weighted by atomic mass is 16.3. The van der Waals surface area contributed by atoms with Gasteiger partial charge < -0.3 is 5.11 Å². The van der Waals surface area contributed by atoms with Crippen LogP contribution >= 0.6 is 0 Å². The lowest BCUT2D eigenvalue weighted by Gasteiger charge is -1.88. The summed E-state index contributed by atoms with van der Waals surface area (Å²) in [4.78, 5) is 20.6. The molecular formula is C9H12O3. The van der Waals surface area contributed by atoms with Crippen LogP contribution in [0.15, 0.2) is 24.3 Å². The van der Waals surface area contributed by atoms with Crippen LogP contribution in [0.1, 0.15) is 13.8 Å². The standard InChI is InChI=1S/C6H4O2.C3H8O/c7-5-3-1-2-4-6(5)8;1-3(2)4/h1-4H;3-4H,1-2H3. The van der Waals surface area contributed by atoms with E-state index in [-0.39, 0.29) is 6.10 Å². The van der Waals surface area contributed by atoms with E-state index in [1.807, 2.05) is 0 Å². The van der Waals surface area contributed by atoms with Crippen molar-refractivity contribution in [2.45, 2.75) is 20.0 Å². The Kier molecular flexibility index (Phi) is 4.88. The second kappa shape index (κ2) is 5.43. The first-order valence-corrected chi connectivity index (χ1v) is 3.65. The number of allylic oxidation sites excluding steroid dienone is 4. The van der Waals surface area contributed by atoms with E-state index >= 15 is 0 Å². The first-order valence-electron chi connectivity index (χ1n) is 3.65. The van der Waals surface area contributed by atoms with Crippen molar-refractivity contribution in [2.24, 2.45) is 0 Å². The first-order chi connectivity index (χ1) is 5.54. The number of aliphatic hydroxyl groups excluding tert-OH is 1. The molecule has 1 aliphatic carbocycles. The maximum absolute atomic E-state index is 10.3. The fourth-order valence-electron chi connectivity index (χ4n) is 0.450. The van der Waals surface area contributed by atoms with Gasteiger partial charge in [0.15, 0.2) is 0 Å². The van der Waals surface area contributed by atoms with Gasteiger partial charge in [0.05, 0.1) is 0 Å². The van der Waals surface area contributed by atoms with Crippen molar-refractivity contribution in [3.05, 3.63) is 24.3 Å². The van der Waals surface area contributed by atoms with Crippen LogP contribution in [0.5, 0.6) is 0 Å². The van der Waals surface area contributed by atoms with Crippen molar-refractivity contribution in [1.82, 2.24) is 0 Å². The summed E-state index contributed by atoms with van der Waals surface area (Å²) in [6, 6.07) is 0. The topological polar surface area (TPSA) is 54.4 Å². The quantitative estimate of drug-likeness (QED) is 0.426. The maximum Gasteiger partial charge on any atom is 0.225 e. The van der Waals surface area contributed by atoms with Crippen molar-refractivity contribution >= 4 is 11.6 Å². The van der Waals surface area contributed by atoms with Gasteiger partial charge in [0.1, 0.15) is 0 Å². The van der Waals surface area contributed by atoms with E-state index in [1.54, 1.807) is 26.0 Å². The average molecular weight is 168 g/mol. The van der Waals surface area contributed by atoms with Crippen molar-refractivity contribution in [1.29, 1.82) is 0 Å². The van der Waals surface area contributed by atoms with E-state index in [4.69, 9.17) is 5.11 Å². The van der Waals surface area contributed by atoms with Gasteiger partial charge in [-0.05, 0) is 26.0 Å². The Bertz CT molecular complexity index is 199. The molecule has 0 atom stereocenters. The number of hydrogen-bond acceptors (Lipinski definition) is 3. The number of ketones is 2. The normalized spacial score (nSPS) is 14.7. The van der Waals surface area contributed by atoms with Crippen LogP contribution in [0.4, 0.5) is 0 Å². The second-order valence-corrected chi connectivity index (χ2v) is 2.54. The second-order valence-electron chi connectivity index (χ2n) is 2.54. The van der Waals surface area contributed by atoms with Crippen molar-refractivity contribution in [3.63, 3.8) is 0 Å². The molecule has 3 heteroatoms. The lowest BCUT2D eigenvalue weighted by atomic mass is 10.1. The van der Waals surface area contributed by atoms with E-state index in [9.17, 15) is 9.59 Å².